The molecule has 1 saturated heterocycles. The number of Topliss-reactive ketones (excluding diaryl/α,β-unsaturated/α-hetero) is 1. The van der Waals surface area contributed by atoms with Crippen LogP contribution in [-0.2, 0) is 14.4 Å². The van der Waals surface area contributed by atoms with Crippen LogP contribution in [0.4, 0.5) is 0 Å². The molecule has 2 aromatic carbocycles. The number of carbonyl (C=O) groups is 3. The van der Waals surface area contributed by atoms with Gasteiger partial charge in [-0.25, -0.2) is 0 Å². The Balaban J connectivity index is 2.14. The van der Waals surface area contributed by atoms with Gasteiger partial charge in [0.1, 0.15) is 5.76 Å². The average Bonchev–Trinajstić information content (AvgIpc) is 3.03. The number of ether oxygens (including phenoxy) is 2. The van der Waals surface area contributed by atoms with Gasteiger partial charge in [0.25, 0.3) is 11.7 Å². The molecule has 168 valence electrons. The molecule has 8 heteroatoms. The molecule has 0 saturated carbocycles. The number of hydrogen-bond acceptors (Lipinski definition) is 6. The number of likely N-dealkylation sites (tertiary alicyclic amines) is 1. The smallest absolute Gasteiger partial charge is 0.303 e. The monoisotopic (exact) mass is 439 g/mol. The van der Waals surface area contributed by atoms with Crippen molar-refractivity contribution in [2.75, 3.05) is 20.8 Å². The Morgan fingerprint density at radius 3 is 2.25 bits per heavy atom. The van der Waals surface area contributed by atoms with Gasteiger partial charge in [0.15, 0.2) is 11.5 Å². The fourth-order valence-corrected chi connectivity index (χ4v) is 3.75. The number of rotatable bonds is 8. The molecule has 0 spiro atoms. The topological polar surface area (TPSA) is 113 Å². The number of aliphatic hydroxyl groups excluding tert-OH is 1. The van der Waals surface area contributed by atoms with Gasteiger partial charge in [-0.05, 0) is 31.0 Å². The lowest BCUT2D eigenvalue weighted by atomic mass is 9.94. The summed E-state index contributed by atoms with van der Waals surface area (Å²) in [5.41, 5.74) is 1.86. The summed E-state index contributed by atoms with van der Waals surface area (Å²) in [6.45, 7) is 1.94. The molecule has 0 radical (unpaired) electrons. The summed E-state index contributed by atoms with van der Waals surface area (Å²) >= 11 is 0. The predicted molar refractivity (Wildman–Crippen MR) is 117 cm³/mol. The highest BCUT2D eigenvalue weighted by atomic mass is 16.5. The molecule has 1 aliphatic rings. The minimum Gasteiger partial charge on any atom is -0.507 e. The SMILES string of the molecule is COc1ccc([C@@H]2/C(=C(\O)c3ccc(C)cc3)C(=O)C(=O)N2CCCC(=O)O)cc1OC. The summed E-state index contributed by atoms with van der Waals surface area (Å²) in [5.74, 6) is -2.02. The van der Waals surface area contributed by atoms with Gasteiger partial charge in [0, 0.05) is 18.5 Å². The first-order valence-electron chi connectivity index (χ1n) is 10.1. The van der Waals surface area contributed by atoms with E-state index < -0.39 is 23.7 Å². The molecule has 1 aliphatic heterocycles. The summed E-state index contributed by atoms with van der Waals surface area (Å²) in [7, 11) is 2.96. The van der Waals surface area contributed by atoms with E-state index in [0.717, 1.165) is 5.56 Å². The molecule has 3 rings (SSSR count). The van der Waals surface area contributed by atoms with Crippen molar-refractivity contribution < 1.29 is 34.1 Å². The first kappa shape index (κ1) is 22.9. The van der Waals surface area contributed by atoms with Crippen LogP contribution >= 0.6 is 0 Å². The number of aliphatic hydroxyl groups is 1. The Bertz CT molecular complexity index is 1070. The van der Waals surface area contributed by atoms with Gasteiger partial charge in [0.2, 0.25) is 0 Å². The molecule has 2 N–H and O–H groups in total. The second kappa shape index (κ2) is 9.55. The van der Waals surface area contributed by atoms with E-state index in [1.807, 2.05) is 6.92 Å². The molecular formula is C24H25NO7. The number of amides is 1. The lowest BCUT2D eigenvalue weighted by molar-refractivity contribution is -0.140. The van der Waals surface area contributed by atoms with Gasteiger partial charge in [-0.2, -0.15) is 0 Å². The summed E-state index contributed by atoms with van der Waals surface area (Å²) in [6, 6.07) is 11.0. The van der Waals surface area contributed by atoms with Crippen LogP contribution < -0.4 is 9.47 Å². The van der Waals surface area contributed by atoms with Crippen molar-refractivity contribution in [2.45, 2.75) is 25.8 Å². The van der Waals surface area contributed by atoms with Crippen molar-refractivity contribution in [1.29, 1.82) is 0 Å². The fourth-order valence-electron chi connectivity index (χ4n) is 3.75. The summed E-state index contributed by atoms with van der Waals surface area (Å²) in [5, 5.41) is 20.0. The van der Waals surface area contributed by atoms with E-state index in [-0.39, 0.29) is 30.7 Å². The van der Waals surface area contributed by atoms with E-state index >= 15 is 0 Å². The normalized spacial score (nSPS) is 17.5. The molecule has 0 aliphatic carbocycles. The Morgan fingerprint density at radius 2 is 1.66 bits per heavy atom. The number of aliphatic carboxylic acids is 1. The predicted octanol–water partition coefficient (Wildman–Crippen LogP) is 3.30. The largest absolute Gasteiger partial charge is 0.507 e. The van der Waals surface area contributed by atoms with Gasteiger partial charge < -0.3 is 24.6 Å². The fraction of sp³-hybridized carbons (Fsp3) is 0.292. The van der Waals surface area contributed by atoms with Gasteiger partial charge >= 0.3 is 5.97 Å². The molecule has 32 heavy (non-hydrogen) atoms. The first-order chi connectivity index (χ1) is 15.3. The van der Waals surface area contributed by atoms with Gasteiger partial charge in [-0.3, -0.25) is 14.4 Å². The number of nitrogens with zero attached hydrogens (tertiary/aromatic N) is 1. The number of benzene rings is 2. The summed E-state index contributed by atoms with van der Waals surface area (Å²) in [6.07, 6.45) is 0.0103. The van der Waals surface area contributed by atoms with Crippen molar-refractivity contribution in [2.24, 2.45) is 0 Å². The van der Waals surface area contributed by atoms with E-state index in [2.05, 4.69) is 0 Å². The molecule has 1 fully saturated rings. The van der Waals surface area contributed by atoms with Crippen LogP contribution in [0.2, 0.25) is 0 Å². The maximum absolute atomic E-state index is 13.0. The molecule has 1 atom stereocenters. The van der Waals surface area contributed by atoms with E-state index in [9.17, 15) is 19.5 Å². The maximum Gasteiger partial charge on any atom is 0.303 e. The highest BCUT2D eigenvalue weighted by Crippen LogP contribution is 2.42. The number of carboxylic acid groups (broad SMARTS) is 1. The van der Waals surface area contributed by atoms with E-state index in [1.165, 1.54) is 19.1 Å². The minimum absolute atomic E-state index is 0.0422. The van der Waals surface area contributed by atoms with Crippen molar-refractivity contribution in [3.05, 3.63) is 64.7 Å². The Morgan fingerprint density at radius 1 is 1.00 bits per heavy atom. The number of carbonyl (C=O) groups excluding carboxylic acids is 2. The minimum atomic E-state index is -0.996. The Hall–Kier alpha value is -3.81. The lowest BCUT2D eigenvalue weighted by Gasteiger charge is -2.25. The number of hydrogen-bond donors (Lipinski definition) is 2. The zero-order valence-electron chi connectivity index (χ0n) is 18.1. The van der Waals surface area contributed by atoms with Crippen LogP contribution in [0.5, 0.6) is 11.5 Å². The highest BCUT2D eigenvalue weighted by Gasteiger charge is 2.46. The number of methoxy groups -OCH3 is 2. The zero-order chi connectivity index (χ0) is 23.4. The van der Waals surface area contributed by atoms with Crippen LogP contribution in [0.1, 0.15) is 35.6 Å². The van der Waals surface area contributed by atoms with Crippen molar-refractivity contribution in [3.8, 4) is 11.5 Å². The molecular weight excluding hydrogens is 414 g/mol. The van der Waals surface area contributed by atoms with Crippen molar-refractivity contribution >= 4 is 23.4 Å². The van der Waals surface area contributed by atoms with Crippen molar-refractivity contribution in [3.63, 3.8) is 0 Å². The third-order valence-corrected chi connectivity index (χ3v) is 5.38. The van der Waals surface area contributed by atoms with Gasteiger partial charge in [0.05, 0.1) is 25.8 Å². The summed E-state index contributed by atoms with van der Waals surface area (Å²) < 4.78 is 10.6. The third kappa shape index (κ3) is 4.44. The molecule has 0 aromatic heterocycles. The van der Waals surface area contributed by atoms with E-state index in [0.29, 0.717) is 22.6 Å². The van der Waals surface area contributed by atoms with Crippen LogP contribution in [0, 0.1) is 6.92 Å². The molecule has 8 nitrogen and oxygen atoms in total. The lowest BCUT2D eigenvalue weighted by Crippen LogP contribution is -2.31. The second-order valence-corrected chi connectivity index (χ2v) is 7.47. The highest BCUT2D eigenvalue weighted by molar-refractivity contribution is 6.46. The van der Waals surface area contributed by atoms with E-state index in [1.54, 1.807) is 42.5 Å². The molecule has 2 aromatic rings. The second-order valence-electron chi connectivity index (χ2n) is 7.47. The van der Waals surface area contributed by atoms with E-state index in [4.69, 9.17) is 14.6 Å². The molecule has 1 amide bonds. The van der Waals surface area contributed by atoms with Crippen LogP contribution in [0.25, 0.3) is 5.76 Å². The van der Waals surface area contributed by atoms with Crippen LogP contribution in [-0.4, -0.2) is 53.5 Å². The number of aryl methyl sites for hydroxylation is 1. The Kier molecular flexibility index (Phi) is 6.82. The van der Waals surface area contributed by atoms with Gasteiger partial charge in [-0.1, -0.05) is 35.9 Å². The summed E-state index contributed by atoms with van der Waals surface area (Å²) in [4.78, 5) is 38.1. The molecule has 1 heterocycles. The quantitative estimate of drug-likeness (QED) is 0.369. The molecule has 0 bridgehead atoms. The average molecular weight is 439 g/mol. The Labute approximate surface area is 185 Å². The van der Waals surface area contributed by atoms with Crippen molar-refractivity contribution in [1.82, 2.24) is 4.90 Å². The van der Waals surface area contributed by atoms with Crippen LogP contribution in [0.3, 0.4) is 0 Å². The standard InChI is InChI=1S/C24H25NO7/c1-14-6-8-15(9-7-14)22(28)20-21(16-10-11-17(31-2)18(13-16)32-3)25(24(30)23(20)29)12-4-5-19(26)27/h6-11,13,21,28H,4-5,12H2,1-3H3,(H,26,27)/b22-20+/t21-/m1/s1. The maximum atomic E-state index is 13.0. The third-order valence-electron chi connectivity index (χ3n) is 5.38. The number of carboxylic acids is 1. The van der Waals surface area contributed by atoms with Gasteiger partial charge in [-0.15, -0.1) is 0 Å². The number of ketones is 1. The zero-order valence-corrected chi connectivity index (χ0v) is 18.1. The van der Waals surface area contributed by atoms with Crippen LogP contribution in [0.15, 0.2) is 48.0 Å². The molecule has 0 unspecified atom stereocenters. The first-order valence-corrected chi connectivity index (χ1v) is 10.1.